The molecule has 5 unspecified atom stereocenters. The van der Waals surface area contributed by atoms with E-state index in [0.717, 1.165) is 50.6 Å². The van der Waals surface area contributed by atoms with Gasteiger partial charge in [0.2, 0.25) is 5.91 Å². The Bertz CT molecular complexity index is 1120. The number of carbonyl (C=O) groups excluding carboxylic acids is 4. The maximum atomic E-state index is 13.3. The highest BCUT2D eigenvalue weighted by Gasteiger charge is 2.60. The highest BCUT2D eigenvalue weighted by molar-refractivity contribution is 5.82. The smallest absolute Gasteiger partial charge is 0.407 e. The predicted molar refractivity (Wildman–Crippen MR) is 252 cm³/mol. The molecule has 7 atom stereocenters. The molecule has 1 aliphatic carbocycles. The van der Waals surface area contributed by atoms with Gasteiger partial charge in [0.05, 0.1) is 6.61 Å². The molecule has 3 N–H and O–H groups in total. The number of terminal acetylenes is 1. The maximum Gasteiger partial charge on any atom is 0.407 e. The quantitative estimate of drug-likeness (QED) is 0.0431. The van der Waals surface area contributed by atoms with Gasteiger partial charge in [-0.05, 0) is 95.1 Å². The molecule has 0 bridgehead atoms. The van der Waals surface area contributed by atoms with E-state index in [1.54, 1.807) is 6.92 Å². The van der Waals surface area contributed by atoms with Gasteiger partial charge in [-0.25, -0.2) is 4.79 Å². The molecular formula is C49H94N4O5. The first-order valence-corrected chi connectivity index (χ1v) is 22.1. The van der Waals surface area contributed by atoms with Gasteiger partial charge in [0.1, 0.15) is 18.1 Å². The summed E-state index contributed by atoms with van der Waals surface area (Å²) in [5.74, 6) is 5.09. The fraction of sp³-hybridized carbons (Fsp3) is 0.755. The van der Waals surface area contributed by atoms with Crippen molar-refractivity contribution in [3.8, 4) is 12.3 Å². The molecule has 9 heteroatoms. The van der Waals surface area contributed by atoms with E-state index in [0.29, 0.717) is 61.6 Å². The number of carbonyl (C=O) groups is 4. The summed E-state index contributed by atoms with van der Waals surface area (Å²) in [5, 5.41) is 9.03. The number of rotatable bonds is 22. The van der Waals surface area contributed by atoms with E-state index in [1.807, 2.05) is 59.7 Å². The van der Waals surface area contributed by atoms with Crippen LogP contribution in [0.3, 0.4) is 0 Å². The summed E-state index contributed by atoms with van der Waals surface area (Å²) in [6.07, 6.45) is 17.1. The molecule has 0 radical (unpaired) electrons. The minimum Gasteiger partial charge on any atom is -0.449 e. The second-order valence-corrected chi connectivity index (χ2v) is 16.0. The Hall–Kier alpha value is -3.38. The Balaban J connectivity index is -0.000000247. The maximum absolute atomic E-state index is 13.3. The van der Waals surface area contributed by atoms with Crippen LogP contribution in [0.2, 0.25) is 0 Å². The molecule has 0 aromatic heterocycles. The van der Waals surface area contributed by atoms with Crippen LogP contribution in [0.4, 0.5) is 4.79 Å². The number of Topliss-reactive ketones (excluding diaryl/α,β-unsaturated/α-hetero) is 1. The molecule has 1 aliphatic rings. The number of unbranched alkanes of at least 4 members (excludes halogenated alkanes) is 2. The van der Waals surface area contributed by atoms with Gasteiger partial charge in [-0.15, -0.1) is 18.9 Å². The Kier molecular flexibility index (Phi) is 44.4. The van der Waals surface area contributed by atoms with Crippen molar-refractivity contribution in [2.45, 2.75) is 167 Å². The number of amides is 2. The van der Waals surface area contributed by atoms with Crippen molar-refractivity contribution in [3.63, 3.8) is 0 Å². The van der Waals surface area contributed by atoms with Crippen molar-refractivity contribution in [1.82, 2.24) is 20.9 Å². The Morgan fingerprint density at radius 2 is 1.53 bits per heavy atom. The summed E-state index contributed by atoms with van der Waals surface area (Å²) >= 11 is 0. The molecule has 340 valence electrons. The van der Waals surface area contributed by atoms with E-state index in [-0.39, 0.29) is 35.2 Å². The second kappa shape index (κ2) is 40.4. The van der Waals surface area contributed by atoms with Crippen LogP contribution < -0.4 is 16.0 Å². The van der Waals surface area contributed by atoms with Crippen molar-refractivity contribution in [3.05, 3.63) is 37.6 Å². The average Bonchev–Trinajstić information content (AvgIpc) is 3.74. The molecule has 0 aromatic carbocycles. The van der Waals surface area contributed by atoms with Crippen LogP contribution in [0.1, 0.15) is 155 Å². The average molecular weight is 819 g/mol. The Morgan fingerprint density at radius 1 is 0.983 bits per heavy atom. The lowest BCUT2D eigenvalue weighted by molar-refractivity contribution is -0.133. The van der Waals surface area contributed by atoms with E-state index in [9.17, 15) is 14.4 Å². The summed E-state index contributed by atoms with van der Waals surface area (Å²) in [7, 11) is 3.85. The summed E-state index contributed by atoms with van der Waals surface area (Å²) in [5.41, 5.74) is 0.954. The van der Waals surface area contributed by atoms with Crippen molar-refractivity contribution in [2.24, 2.45) is 40.9 Å². The molecule has 0 saturated heterocycles. The van der Waals surface area contributed by atoms with Crippen molar-refractivity contribution in [1.29, 1.82) is 0 Å². The first-order valence-electron chi connectivity index (χ1n) is 22.1. The van der Waals surface area contributed by atoms with Gasteiger partial charge in [0.25, 0.3) is 0 Å². The highest BCUT2D eigenvalue weighted by Crippen LogP contribution is 2.62. The zero-order chi connectivity index (χ0) is 46.4. The van der Waals surface area contributed by atoms with Gasteiger partial charge in [-0.2, -0.15) is 0 Å². The van der Waals surface area contributed by atoms with Crippen molar-refractivity contribution >= 4 is 24.1 Å². The number of nitrogens with zero attached hydrogens (tertiary/aromatic N) is 1. The lowest BCUT2D eigenvalue weighted by atomic mass is 9.90. The van der Waals surface area contributed by atoms with Gasteiger partial charge >= 0.3 is 6.09 Å². The SMILES string of the molecule is C#CCCC(C)NC.C=C(C)NC(C(=O)N(C)C[C@H]1[C@@H](C(C)C(C)=O)C1(C)C)C(CC)CCCC.C=CC=O.C=CCCC.CC.CCNC(=O)OCC(C)C(C)C. The third kappa shape index (κ3) is 32.6. The summed E-state index contributed by atoms with van der Waals surface area (Å²) in [6.45, 7) is 43.3. The Labute approximate surface area is 359 Å². The number of aldehydes is 1. The third-order valence-corrected chi connectivity index (χ3v) is 10.5. The van der Waals surface area contributed by atoms with E-state index in [4.69, 9.17) is 16.0 Å². The monoisotopic (exact) mass is 819 g/mol. The summed E-state index contributed by atoms with van der Waals surface area (Å²) < 4.78 is 4.96. The molecular weight excluding hydrogens is 725 g/mol. The van der Waals surface area contributed by atoms with Gasteiger partial charge in [0.15, 0.2) is 0 Å². The molecule has 1 rings (SSSR count). The number of alkyl carbamates (subject to hydrolysis) is 1. The van der Waals surface area contributed by atoms with E-state index < -0.39 is 0 Å². The zero-order valence-electron chi connectivity index (χ0n) is 40.8. The predicted octanol–water partition coefficient (Wildman–Crippen LogP) is 11.1. The zero-order valence-corrected chi connectivity index (χ0v) is 40.8. The number of hydrogen-bond acceptors (Lipinski definition) is 7. The highest BCUT2D eigenvalue weighted by atomic mass is 16.5. The fourth-order valence-corrected chi connectivity index (χ4v) is 5.97. The number of allylic oxidation sites excluding steroid dienone is 3. The van der Waals surface area contributed by atoms with Crippen LogP contribution in [0.5, 0.6) is 0 Å². The van der Waals surface area contributed by atoms with Gasteiger partial charge in [-0.3, -0.25) is 14.4 Å². The number of ether oxygens (including phenoxy) is 1. The van der Waals surface area contributed by atoms with Crippen LogP contribution in [0.25, 0.3) is 0 Å². The molecule has 0 heterocycles. The molecule has 1 fully saturated rings. The third-order valence-electron chi connectivity index (χ3n) is 10.5. The summed E-state index contributed by atoms with van der Waals surface area (Å²) in [4.78, 5) is 46.9. The lowest BCUT2D eigenvalue weighted by Gasteiger charge is -2.31. The van der Waals surface area contributed by atoms with Crippen LogP contribution in [0.15, 0.2) is 37.6 Å². The first kappa shape index (κ1) is 63.8. The molecule has 9 nitrogen and oxygen atoms in total. The first-order chi connectivity index (χ1) is 27.2. The van der Waals surface area contributed by atoms with Crippen molar-refractivity contribution in [2.75, 3.05) is 33.8 Å². The van der Waals surface area contributed by atoms with E-state index in [2.05, 4.69) is 104 Å². The van der Waals surface area contributed by atoms with Crippen LogP contribution in [-0.4, -0.2) is 74.8 Å². The molecule has 0 spiro atoms. The van der Waals surface area contributed by atoms with Gasteiger partial charge in [0, 0.05) is 44.2 Å². The van der Waals surface area contributed by atoms with Crippen LogP contribution in [-0.2, 0) is 19.1 Å². The number of hydrogen-bond donors (Lipinski definition) is 3. The van der Waals surface area contributed by atoms with Gasteiger partial charge in [-0.1, -0.05) is 121 Å². The van der Waals surface area contributed by atoms with E-state index in [1.165, 1.54) is 12.5 Å². The van der Waals surface area contributed by atoms with Crippen LogP contribution in [0, 0.1) is 53.3 Å². The molecule has 0 aromatic rings. The number of nitrogens with one attached hydrogen (secondary N) is 3. The van der Waals surface area contributed by atoms with E-state index >= 15 is 0 Å². The number of ketones is 1. The second-order valence-electron chi connectivity index (χ2n) is 16.0. The molecule has 1 saturated carbocycles. The molecule has 0 aliphatic heterocycles. The number of likely N-dealkylation sites (N-methyl/N-ethyl adjacent to an activating group) is 1. The molecule has 58 heavy (non-hydrogen) atoms. The van der Waals surface area contributed by atoms with Crippen molar-refractivity contribution < 1.29 is 23.9 Å². The largest absolute Gasteiger partial charge is 0.449 e. The topological polar surface area (TPSA) is 117 Å². The summed E-state index contributed by atoms with van der Waals surface area (Å²) in [6, 6.07) is 0.348. The fourth-order valence-electron chi connectivity index (χ4n) is 5.97. The minimum atomic E-state index is -0.315. The van der Waals surface area contributed by atoms with Gasteiger partial charge < -0.3 is 25.6 Å². The lowest BCUT2D eigenvalue weighted by Crippen LogP contribution is -2.49. The normalized spacial score (nSPS) is 16.6. The minimum absolute atomic E-state index is 0.0609. The molecule has 2 amide bonds. The van der Waals surface area contributed by atoms with Crippen LogP contribution >= 0.6 is 0 Å². The standard InChI is InChI=1S/C23H42N2O2.C9H19NO2.C7H13N.C5H10.C3H4O.C2H6/c1-10-12-13-18(11-2)21(24-15(3)4)22(27)25(9)14-19-20(23(19,7)8)16(5)17(6)26;1-5-10-9(11)12-6-8(4)7(2)3;1-4-5-6-7(2)8-3;1-3-5-4-2;1-2-3-4;1-2/h16,18-21,24H,3,10-14H2,1-2,4-9H3;7-8H,5-6H2,1-4H3,(H,10,11);1,7-8H,5-6H2,2-3H3;3H,1,4-5H2,2H3;2-3H,1H2;1-2H3/t16?,18?,19-,20+,21?;;;;;/m0...../s1. The Morgan fingerprint density at radius 3 is 1.88 bits per heavy atom.